The van der Waals surface area contributed by atoms with E-state index >= 15 is 0 Å². The highest BCUT2D eigenvalue weighted by molar-refractivity contribution is 5.97. The van der Waals surface area contributed by atoms with Gasteiger partial charge in [-0.2, -0.15) is 0 Å². The minimum atomic E-state index is -0.0668. The minimum Gasteiger partial charge on any atom is -0.507 e. The number of methoxy groups -OCH3 is 1. The van der Waals surface area contributed by atoms with E-state index in [0.29, 0.717) is 29.8 Å². The monoisotopic (exact) mass is 418 g/mol. The van der Waals surface area contributed by atoms with Crippen LogP contribution >= 0.6 is 0 Å². The molecule has 160 valence electrons. The molecule has 1 aromatic heterocycles. The molecule has 3 aromatic rings. The summed E-state index contributed by atoms with van der Waals surface area (Å²) in [6.45, 7) is 1.82. The molecule has 31 heavy (non-hydrogen) atoms. The Hall–Kier alpha value is -3.67. The van der Waals surface area contributed by atoms with Crippen molar-refractivity contribution >= 4 is 17.4 Å². The molecule has 0 saturated carbocycles. The van der Waals surface area contributed by atoms with Crippen molar-refractivity contribution in [2.24, 2.45) is 0 Å². The SMILES string of the molecule is CCC(=O)N(C)c1ccc(-c2ccc(C(=O)CCc3cccnc3OC)cc2O)cc1. The van der Waals surface area contributed by atoms with Crippen LogP contribution in [-0.2, 0) is 11.2 Å². The second kappa shape index (κ2) is 9.89. The van der Waals surface area contributed by atoms with Crippen molar-refractivity contribution in [2.45, 2.75) is 26.2 Å². The number of hydrogen-bond acceptors (Lipinski definition) is 5. The third kappa shape index (κ3) is 5.09. The molecule has 1 amide bonds. The highest BCUT2D eigenvalue weighted by Gasteiger charge is 2.13. The number of ether oxygens (including phenoxy) is 1. The molecule has 3 rings (SSSR count). The van der Waals surface area contributed by atoms with Gasteiger partial charge >= 0.3 is 0 Å². The molecule has 0 aliphatic carbocycles. The number of benzene rings is 2. The number of aromatic nitrogens is 1. The van der Waals surface area contributed by atoms with Crippen molar-refractivity contribution < 1.29 is 19.4 Å². The minimum absolute atomic E-state index is 0.0300. The van der Waals surface area contributed by atoms with E-state index in [9.17, 15) is 14.7 Å². The number of aryl methyl sites for hydroxylation is 1. The summed E-state index contributed by atoms with van der Waals surface area (Å²) in [5.41, 5.74) is 3.53. The van der Waals surface area contributed by atoms with Gasteiger partial charge in [0, 0.05) is 48.5 Å². The van der Waals surface area contributed by atoms with Crippen molar-refractivity contribution in [1.82, 2.24) is 4.98 Å². The lowest BCUT2D eigenvalue weighted by Gasteiger charge is -2.17. The Labute approximate surface area is 182 Å². The summed E-state index contributed by atoms with van der Waals surface area (Å²) in [4.78, 5) is 30.2. The van der Waals surface area contributed by atoms with Gasteiger partial charge in [0.25, 0.3) is 0 Å². The van der Waals surface area contributed by atoms with Crippen molar-refractivity contribution in [2.75, 3.05) is 19.1 Å². The van der Waals surface area contributed by atoms with Crippen molar-refractivity contribution in [3.05, 3.63) is 71.9 Å². The van der Waals surface area contributed by atoms with Gasteiger partial charge in [-0.1, -0.05) is 31.2 Å². The molecule has 0 saturated heterocycles. The van der Waals surface area contributed by atoms with Gasteiger partial charge in [-0.3, -0.25) is 9.59 Å². The number of ketones is 1. The molecular formula is C25H26N2O4. The van der Waals surface area contributed by atoms with Crippen LogP contribution in [-0.4, -0.2) is 35.9 Å². The average molecular weight is 418 g/mol. The van der Waals surface area contributed by atoms with Gasteiger partial charge in [0.1, 0.15) is 5.75 Å². The van der Waals surface area contributed by atoms with Crippen LogP contribution in [0, 0.1) is 0 Å². The zero-order valence-corrected chi connectivity index (χ0v) is 18.0. The van der Waals surface area contributed by atoms with E-state index in [1.165, 1.54) is 6.07 Å². The Bertz CT molecular complexity index is 1080. The molecular weight excluding hydrogens is 392 g/mol. The molecule has 0 spiro atoms. The van der Waals surface area contributed by atoms with E-state index in [2.05, 4.69) is 4.98 Å². The fourth-order valence-corrected chi connectivity index (χ4v) is 3.39. The number of nitrogens with zero attached hydrogens (tertiary/aromatic N) is 2. The van der Waals surface area contributed by atoms with Crippen LogP contribution in [0.5, 0.6) is 11.6 Å². The molecule has 6 nitrogen and oxygen atoms in total. The van der Waals surface area contributed by atoms with Crippen molar-refractivity contribution in [3.63, 3.8) is 0 Å². The predicted molar refractivity (Wildman–Crippen MR) is 121 cm³/mol. The number of anilines is 1. The summed E-state index contributed by atoms with van der Waals surface area (Å²) in [6.07, 6.45) is 2.87. The summed E-state index contributed by atoms with van der Waals surface area (Å²) in [7, 11) is 3.29. The average Bonchev–Trinajstić information content (AvgIpc) is 2.81. The molecule has 0 radical (unpaired) electrons. The van der Waals surface area contributed by atoms with Gasteiger partial charge < -0.3 is 14.7 Å². The van der Waals surface area contributed by atoms with Crippen LogP contribution in [0.3, 0.4) is 0 Å². The maximum atomic E-state index is 12.6. The second-order valence-corrected chi connectivity index (χ2v) is 7.18. The highest BCUT2D eigenvalue weighted by atomic mass is 16.5. The van der Waals surface area contributed by atoms with E-state index in [1.807, 2.05) is 43.3 Å². The van der Waals surface area contributed by atoms with Gasteiger partial charge in [0.15, 0.2) is 5.78 Å². The van der Waals surface area contributed by atoms with Crippen LogP contribution < -0.4 is 9.64 Å². The van der Waals surface area contributed by atoms with E-state index in [4.69, 9.17) is 4.74 Å². The number of phenolic OH excluding ortho intramolecular Hbond substituents is 1. The Morgan fingerprint density at radius 2 is 1.84 bits per heavy atom. The first kappa shape index (κ1) is 22.0. The number of rotatable bonds is 8. The lowest BCUT2D eigenvalue weighted by Crippen LogP contribution is -2.24. The van der Waals surface area contributed by atoms with Crippen LogP contribution in [0.15, 0.2) is 60.8 Å². The number of carbonyl (C=O) groups excluding carboxylic acids is 2. The number of carbonyl (C=O) groups is 2. The van der Waals surface area contributed by atoms with E-state index in [-0.39, 0.29) is 23.9 Å². The maximum Gasteiger partial charge on any atom is 0.226 e. The normalized spacial score (nSPS) is 10.5. The predicted octanol–water partition coefficient (Wildman–Crippen LogP) is 4.65. The molecule has 1 N–H and O–H groups in total. The first-order valence-electron chi connectivity index (χ1n) is 10.2. The zero-order valence-electron chi connectivity index (χ0n) is 18.0. The number of aromatic hydroxyl groups is 1. The fraction of sp³-hybridized carbons (Fsp3) is 0.240. The number of phenols is 1. The standard InChI is InChI=1S/C25H26N2O4/c1-4-24(30)27(2)20-11-7-17(8-12-20)21-13-9-19(16-23(21)29)22(28)14-10-18-6-5-15-26-25(18)31-3/h5-9,11-13,15-16,29H,4,10,14H2,1-3H3. The lowest BCUT2D eigenvalue weighted by atomic mass is 9.98. The van der Waals surface area contributed by atoms with Crippen LogP contribution in [0.1, 0.15) is 35.7 Å². The summed E-state index contributed by atoms with van der Waals surface area (Å²) < 4.78 is 5.23. The summed E-state index contributed by atoms with van der Waals surface area (Å²) >= 11 is 0. The van der Waals surface area contributed by atoms with Gasteiger partial charge in [0.05, 0.1) is 7.11 Å². The van der Waals surface area contributed by atoms with Gasteiger partial charge in [-0.05, 0) is 42.3 Å². The maximum absolute atomic E-state index is 12.6. The third-order valence-corrected chi connectivity index (χ3v) is 5.23. The van der Waals surface area contributed by atoms with Crippen LogP contribution in [0.4, 0.5) is 5.69 Å². The molecule has 0 aliphatic rings. The largest absolute Gasteiger partial charge is 0.507 e. The number of hydrogen-bond donors (Lipinski definition) is 1. The van der Waals surface area contributed by atoms with E-state index in [0.717, 1.165) is 16.8 Å². The Balaban J connectivity index is 1.72. The topological polar surface area (TPSA) is 79.7 Å². The summed E-state index contributed by atoms with van der Waals surface area (Å²) in [5, 5.41) is 10.5. The molecule has 2 aromatic carbocycles. The van der Waals surface area contributed by atoms with Crippen LogP contribution in [0.2, 0.25) is 0 Å². The van der Waals surface area contributed by atoms with Crippen molar-refractivity contribution in [1.29, 1.82) is 0 Å². The molecule has 1 heterocycles. The molecule has 0 bridgehead atoms. The number of pyridine rings is 1. The Morgan fingerprint density at radius 1 is 1.10 bits per heavy atom. The highest BCUT2D eigenvalue weighted by Crippen LogP contribution is 2.32. The van der Waals surface area contributed by atoms with Gasteiger partial charge in [0.2, 0.25) is 11.8 Å². The van der Waals surface area contributed by atoms with E-state index < -0.39 is 0 Å². The van der Waals surface area contributed by atoms with Gasteiger partial charge in [-0.25, -0.2) is 4.98 Å². The molecule has 0 fully saturated rings. The van der Waals surface area contributed by atoms with Crippen LogP contribution in [0.25, 0.3) is 11.1 Å². The lowest BCUT2D eigenvalue weighted by molar-refractivity contribution is -0.118. The Morgan fingerprint density at radius 3 is 2.48 bits per heavy atom. The summed E-state index contributed by atoms with van der Waals surface area (Å²) in [6, 6.07) is 16.0. The first-order chi connectivity index (χ1) is 14.9. The molecule has 0 aliphatic heterocycles. The summed E-state index contributed by atoms with van der Waals surface area (Å²) in [5.74, 6) is 0.518. The molecule has 6 heteroatoms. The van der Waals surface area contributed by atoms with E-state index in [1.54, 1.807) is 37.4 Å². The first-order valence-corrected chi connectivity index (χ1v) is 10.2. The fourth-order valence-electron chi connectivity index (χ4n) is 3.39. The third-order valence-electron chi connectivity index (χ3n) is 5.23. The quantitative estimate of drug-likeness (QED) is 0.539. The zero-order chi connectivity index (χ0) is 22.4. The van der Waals surface area contributed by atoms with Gasteiger partial charge in [-0.15, -0.1) is 0 Å². The molecule has 0 unspecified atom stereocenters. The smallest absolute Gasteiger partial charge is 0.226 e. The van der Waals surface area contributed by atoms with Crippen molar-refractivity contribution in [3.8, 4) is 22.8 Å². The second-order valence-electron chi connectivity index (χ2n) is 7.18. The number of amides is 1. The number of Topliss-reactive ketones (excluding diaryl/α,β-unsaturated/α-hetero) is 1. The molecule has 0 atom stereocenters. The Kier molecular flexibility index (Phi) is 7.03.